The Morgan fingerprint density at radius 3 is 2.67 bits per heavy atom. The molecular weight excluding hydrogens is 298 g/mol. The van der Waals surface area contributed by atoms with Crippen LogP contribution in [-0.4, -0.2) is 25.5 Å². The lowest BCUT2D eigenvalue weighted by Gasteiger charge is -2.37. The van der Waals surface area contributed by atoms with Crippen LogP contribution in [0.15, 0.2) is 48.5 Å². The molecule has 0 aliphatic carbocycles. The Kier molecular flexibility index (Phi) is 4.83. The summed E-state index contributed by atoms with van der Waals surface area (Å²) in [6.07, 6.45) is 0. The maximum Gasteiger partial charge on any atom is 0.223 e. The summed E-state index contributed by atoms with van der Waals surface area (Å²) in [5.74, 6) is 6.05. The molecule has 0 saturated carbocycles. The monoisotopic (exact) mass is 319 g/mol. The number of anilines is 2. The fourth-order valence-corrected chi connectivity index (χ4v) is 3.03. The first-order valence-corrected chi connectivity index (χ1v) is 8.09. The van der Waals surface area contributed by atoms with Crippen molar-refractivity contribution in [3.05, 3.63) is 59.7 Å². The lowest BCUT2D eigenvalue weighted by atomic mass is 10.1. The van der Waals surface area contributed by atoms with E-state index in [1.807, 2.05) is 35.2 Å². The zero-order chi connectivity index (χ0) is 16.9. The highest BCUT2D eigenvalue weighted by molar-refractivity contribution is 5.96. The van der Waals surface area contributed by atoms with Gasteiger partial charge in [-0.2, -0.15) is 0 Å². The number of nitrogens with two attached hydrogens (primary N) is 1. The second-order valence-corrected chi connectivity index (χ2v) is 5.79. The first-order valence-electron chi connectivity index (χ1n) is 8.09. The third kappa shape index (κ3) is 3.42. The quantitative estimate of drug-likeness (QED) is 0.865. The van der Waals surface area contributed by atoms with E-state index in [4.69, 9.17) is 5.73 Å². The Bertz CT molecular complexity index is 804. The number of carbonyl (C=O) groups is 1. The number of nitrogens with zero attached hydrogens (tertiary/aromatic N) is 2. The molecule has 0 unspecified atom stereocenters. The van der Waals surface area contributed by atoms with Crippen molar-refractivity contribution in [2.75, 3.05) is 29.4 Å². The van der Waals surface area contributed by atoms with Gasteiger partial charge in [-0.05, 0) is 29.8 Å². The van der Waals surface area contributed by atoms with Crippen LogP contribution < -0.4 is 15.5 Å². The van der Waals surface area contributed by atoms with Gasteiger partial charge in [0.05, 0.1) is 17.9 Å². The molecule has 0 saturated heterocycles. The van der Waals surface area contributed by atoms with Crippen molar-refractivity contribution in [3.8, 4) is 11.8 Å². The highest BCUT2D eigenvalue weighted by Crippen LogP contribution is 2.33. The van der Waals surface area contributed by atoms with Crippen molar-refractivity contribution in [2.24, 2.45) is 5.73 Å². The number of hydrogen-bond acceptors (Lipinski definition) is 3. The molecule has 3 rings (SSSR count). The Balaban J connectivity index is 1.86. The van der Waals surface area contributed by atoms with Crippen LogP contribution in [0.25, 0.3) is 0 Å². The summed E-state index contributed by atoms with van der Waals surface area (Å²) in [6.45, 7) is 4.30. The molecule has 2 aromatic rings. The molecule has 0 radical (unpaired) electrons. The largest absolute Gasteiger partial charge is 0.364 e. The summed E-state index contributed by atoms with van der Waals surface area (Å²) >= 11 is 0. The Hall–Kier alpha value is -2.77. The Morgan fingerprint density at radius 2 is 1.92 bits per heavy atom. The summed E-state index contributed by atoms with van der Waals surface area (Å²) in [7, 11) is 0. The van der Waals surface area contributed by atoms with Gasteiger partial charge in [-0.15, -0.1) is 0 Å². The highest BCUT2D eigenvalue weighted by Gasteiger charge is 2.24. The van der Waals surface area contributed by atoms with E-state index in [1.165, 1.54) is 5.56 Å². The van der Waals surface area contributed by atoms with Crippen LogP contribution in [0, 0.1) is 11.8 Å². The van der Waals surface area contributed by atoms with Crippen LogP contribution in [-0.2, 0) is 11.3 Å². The Labute approximate surface area is 142 Å². The van der Waals surface area contributed by atoms with Crippen molar-refractivity contribution in [1.82, 2.24) is 0 Å². The maximum atomic E-state index is 11.9. The van der Waals surface area contributed by atoms with Gasteiger partial charge in [0.2, 0.25) is 5.91 Å². The van der Waals surface area contributed by atoms with Crippen LogP contribution in [0.3, 0.4) is 0 Å². The normalized spacial score (nSPS) is 13.1. The summed E-state index contributed by atoms with van der Waals surface area (Å²) in [5, 5.41) is 0. The Morgan fingerprint density at radius 1 is 1.12 bits per heavy atom. The third-order valence-electron chi connectivity index (χ3n) is 4.12. The third-order valence-corrected chi connectivity index (χ3v) is 4.12. The topological polar surface area (TPSA) is 49.6 Å². The lowest BCUT2D eigenvalue weighted by molar-refractivity contribution is -0.116. The van der Waals surface area contributed by atoms with E-state index in [-0.39, 0.29) is 5.91 Å². The summed E-state index contributed by atoms with van der Waals surface area (Å²) < 4.78 is 0. The van der Waals surface area contributed by atoms with Gasteiger partial charge < -0.3 is 15.5 Å². The smallest absolute Gasteiger partial charge is 0.223 e. The number of carbonyl (C=O) groups excluding carboxylic acids is 1. The molecule has 1 heterocycles. The molecule has 0 bridgehead atoms. The van der Waals surface area contributed by atoms with E-state index in [2.05, 4.69) is 34.9 Å². The van der Waals surface area contributed by atoms with Crippen molar-refractivity contribution >= 4 is 17.3 Å². The maximum absolute atomic E-state index is 11.9. The van der Waals surface area contributed by atoms with Crippen molar-refractivity contribution in [2.45, 2.75) is 13.5 Å². The molecule has 1 aliphatic heterocycles. The molecule has 1 aliphatic rings. The second kappa shape index (κ2) is 7.20. The minimum absolute atomic E-state index is 0.0844. The van der Waals surface area contributed by atoms with Gasteiger partial charge in [-0.25, -0.2) is 0 Å². The molecule has 122 valence electrons. The number of fused-ring (bicyclic) bond motifs is 1. The van der Waals surface area contributed by atoms with E-state index < -0.39 is 0 Å². The van der Waals surface area contributed by atoms with E-state index in [0.29, 0.717) is 13.1 Å². The molecule has 2 N–H and O–H groups in total. The van der Waals surface area contributed by atoms with E-state index >= 15 is 0 Å². The molecule has 4 heteroatoms. The molecule has 1 amide bonds. The van der Waals surface area contributed by atoms with Gasteiger partial charge in [-0.1, -0.05) is 36.1 Å². The van der Waals surface area contributed by atoms with Gasteiger partial charge in [0.15, 0.2) is 0 Å². The molecule has 0 fully saturated rings. The fraction of sp³-hybridized carbons (Fsp3) is 0.250. The fourth-order valence-electron chi connectivity index (χ4n) is 3.03. The van der Waals surface area contributed by atoms with Gasteiger partial charge in [-0.3, -0.25) is 4.79 Å². The standard InChI is InChI=1S/C20H21N3O/c1-16(24)23-13-12-22(19-9-2-3-10-20(19)23)15-18-7-4-6-17(14-18)8-5-11-21/h2-4,6-7,9-10,14H,11-13,15,21H2,1H3. The summed E-state index contributed by atoms with van der Waals surface area (Å²) in [6, 6.07) is 16.3. The first kappa shape index (κ1) is 16.1. The van der Waals surface area contributed by atoms with Crippen LogP contribution >= 0.6 is 0 Å². The number of amides is 1. The molecule has 24 heavy (non-hydrogen) atoms. The average molecular weight is 319 g/mol. The predicted octanol–water partition coefficient (Wildman–Crippen LogP) is 2.37. The molecule has 0 atom stereocenters. The molecular formula is C20H21N3O. The molecule has 2 aromatic carbocycles. The van der Waals surface area contributed by atoms with E-state index in [1.54, 1.807) is 6.92 Å². The highest BCUT2D eigenvalue weighted by atomic mass is 16.2. The van der Waals surface area contributed by atoms with Crippen LogP contribution in [0.1, 0.15) is 18.1 Å². The van der Waals surface area contributed by atoms with Crippen molar-refractivity contribution in [1.29, 1.82) is 0 Å². The molecule has 0 spiro atoms. The van der Waals surface area contributed by atoms with E-state index in [0.717, 1.165) is 30.0 Å². The van der Waals surface area contributed by atoms with Gasteiger partial charge in [0, 0.05) is 32.1 Å². The van der Waals surface area contributed by atoms with Crippen LogP contribution in [0.4, 0.5) is 11.4 Å². The minimum Gasteiger partial charge on any atom is -0.364 e. The lowest BCUT2D eigenvalue weighted by Crippen LogP contribution is -2.42. The zero-order valence-electron chi connectivity index (χ0n) is 13.8. The molecule has 4 nitrogen and oxygen atoms in total. The van der Waals surface area contributed by atoms with Crippen LogP contribution in [0.5, 0.6) is 0 Å². The SMILES string of the molecule is CC(=O)N1CCN(Cc2cccc(C#CCN)c2)c2ccccc21. The number of benzene rings is 2. The average Bonchev–Trinajstić information content (AvgIpc) is 2.60. The predicted molar refractivity (Wildman–Crippen MR) is 97.9 cm³/mol. The van der Waals surface area contributed by atoms with Crippen molar-refractivity contribution in [3.63, 3.8) is 0 Å². The minimum atomic E-state index is 0.0844. The van der Waals surface area contributed by atoms with Crippen molar-refractivity contribution < 1.29 is 4.79 Å². The van der Waals surface area contributed by atoms with E-state index in [9.17, 15) is 4.79 Å². The van der Waals surface area contributed by atoms with Gasteiger partial charge in [0.25, 0.3) is 0 Å². The number of hydrogen-bond donors (Lipinski definition) is 1. The second-order valence-electron chi connectivity index (χ2n) is 5.79. The molecule has 0 aromatic heterocycles. The number of rotatable bonds is 2. The van der Waals surface area contributed by atoms with Crippen LogP contribution in [0.2, 0.25) is 0 Å². The summed E-state index contributed by atoms with van der Waals surface area (Å²) in [4.78, 5) is 16.0. The zero-order valence-corrected chi connectivity index (χ0v) is 13.8. The summed E-state index contributed by atoms with van der Waals surface area (Å²) in [5.41, 5.74) is 9.70. The van der Waals surface area contributed by atoms with Gasteiger partial charge in [0.1, 0.15) is 0 Å². The first-order chi connectivity index (χ1) is 11.7. The number of para-hydroxylation sites is 2. The van der Waals surface area contributed by atoms with Gasteiger partial charge >= 0.3 is 0 Å².